The van der Waals surface area contributed by atoms with Crippen LogP contribution >= 0.6 is 0 Å². The van der Waals surface area contributed by atoms with Crippen LogP contribution < -0.4 is 5.32 Å². The molecule has 0 saturated carbocycles. The molecule has 0 saturated heterocycles. The van der Waals surface area contributed by atoms with Crippen molar-refractivity contribution in [2.75, 3.05) is 32.5 Å². The fraction of sp³-hybridized carbons (Fsp3) is 0.312. The third-order valence-corrected chi connectivity index (χ3v) is 3.50. The Morgan fingerprint density at radius 1 is 1.14 bits per heavy atom. The SMILES string of the molecule is Cc1ccc(-n2ncc3c(NCCN(C)C)ncnc32)cc1. The molecule has 3 rings (SSSR count). The molecule has 6 heteroatoms. The molecule has 1 aromatic carbocycles. The molecule has 0 aliphatic carbocycles. The van der Waals surface area contributed by atoms with E-state index in [2.05, 4.69) is 44.3 Å². The Morgan fingerprint density at radius 2 is 1.91 bits per heavy atom. The molecular formula is C16H20N6. The topological polar surface area (TPSA) is 58.9 Å². The largest absolute Gasteiger partial charge is 0.368 e. The van der Waals surface area contributed by atoms with Crippen molar-refractivity contribution in [3.8, 4) is 5.69 Å². The first-order chi connectivity index (χ1) is 10.6. The van der Waals surface area contributed by atoms with Gasteiger partial charge in [-0.1, -0.05) is 17.7 Å². The van der Waals surface area contributed by atoms with Gasteiger partial charge in [0, 0.05) is 13.1 Å². The van der Waals surface area contributed by atoms with E-state index in [0.29, 0.717) is 0 Å². The second-order valence-corrected chi connectivity index (χ2v) is 5.58. The number of likely N-dealkylation sites (N-methyl/N-ethyl adjacent to an activating group) is 1. The number of hydrogen-bond donors (Lipinski definition) is 1. The molecule has 6 nitrogen and oxygen atoms in total. The molecule has 22 heavy (non-hydrogen) atoms. The van der Waals surface area contributed by atoms with Gasteiger partial charge in [0.2, 0.25) is 0 Å². The molecule has 0 aliphatic heterocycles. The van der Waals surface area contributed by atoms with Crippen molar-refractivity contribution in [1.82, 2.24) is 24.6 Å². The second-order valence-electron chi connectivity index (χ2n) is 5.58. The maximum absolute atomic E-state index is 4.46. The maximum atomic E-state index is 4.46. The molecule has 114 valence electrons. The predicted molar refractivity (Wildman–Crippen MR) is 88.4 cm³/mol. The summed E-state index contributed by atoms with van der Waals surface area (Å²) < 4.78 is 1.84. The van der Waals surface area contributed by atoms with Crippen LogP contribution in [0.4, 0.5) is 5.82 Å². The lowest BCUT2D eigenvalue weighted by atomic mass is 10.2. The Labute approximate surface area is 129 Å². The minimum Gasteiger partial charge on any atom is -0.368 e. The van der Waals surface area contributed by atoms with Gasteiger partial charge in [-0.25, -0.2) is 14.6 Å². The molecule has 0 bridgehead atoms. The van der Waals surface area contributed by atoms with Gasteiger partial charge < -0.3 is 10.2 Å². The van der Waals surface area contributed by atoms with E-state index in [1.54, 1.807) is 6.33 Å². The molecule has 2 aromatic heterocycles. The first-order valence-corrected chi connectivity index (χ1v) is 7.29. The number of fused-ring (bicyclic) bond motifs is 1. The van der Waals surface area contributed by atoms with E-state index in [-0.39, 0.29) is 0 Å². The van der Waals surface area contributed by atoms with Crippen molar-refractivity contribution in [3.05, 3.63) is 42.4 Å². The third kappa shape index (κ3) is 2.92. The fourth-order valence-corrected chi connectivity index (χ4v) is 2.26. The van der Waals surface area contributed by atoms with Crippen LogP contribution in [0, 0.1) is 6.92 Å². The molecular weight excluding hydrogens is 276 g/mol. The average Bonchev–Trinajstić information content (AvgIpc) is 2.92. The molecule has 0 atom stereocenters. The quantitative estimate of drug-likeness (QED) is 0.781. The first kappa shape index (κ1) is 14.5. The summed E-state index contributed by atoms with van der Waals surface area (Å²) in [5, 5.41) is 8.74. The highest BCUT2D eigenvalue weighted by atomic mass is 15.3. The summed E-state index contributed by atoms with van der Waals surface area (Å²) in [4.78, 5) is 10.8. The number of aromatic nitrogens is 4. The standard InChI is InChI=1S/C16H20N6/c1-12-4-6-13(7-5-12)22-16-14(10-20-22)15(18-11-19-16)17-8-9-21(2)3/h4-7,10-11H,8-9H2,1-3H3,(H,17,18,19). The second kappa shape index (κ2) is 6.11. The molecule has 0 amide bonds. The van der Waals surface area contributed by atoms with E-state index in [1.807, 2.05) is 37.1 Å². The monoisotopic (exact) mass is 296 g/mol. The van der Waals surface area contributed by atoms with E-state index < -0.39 is 0 Å². The fourth-order valence-electron chi connectivity index (χ4n) is 2.26. The van der Waals surface area contributed by atoms with E-state index in [1.165, 1.54) is 5.56 Å². The summed E-state index contributed by atoms with van der Waals surface area (Å²) in [6.07, 6.45) is 3.39. The lowest BCUT2D eigenvalue weighted by molar-refractivity contribution is 0.425. The molecule has 0 unspecified atom stereocenters. The molecule has 1 N–H and O–H groups in total. The van der Waals surface area contributed by atoms with Gasteiger partial charge >= 0.3 is 0 Å². The Hall–Kier alpha value is -2.47. The van der Waals surface area contributed by atoms with Crippen LogP contribution in [0.1, 0.15) is 5.56 Å². The van der Waals surface area contributed by atoms with Crippen LogP contribution in [0.25, 0.3) is 16.7 Å². The lowest BCUT2D eigenvalue weighted by Gasteiger charge is -2.11. The van der Waals surface area contributed by atoms with Crippen LogP contribution in [-0.4, -0.2) is 51.8 Å². The van der Waals surface area contributed by atoms with Gasteiger partial charge in [-0.15, -0.1) is 0 Å². The van der Waals surface area contributed by atoms with Crippen molar-refractivity contribution >= 4 is 16.9 Å². The first-order valence-electron chi connectivity index (χ1n) is 7.29. The predicted octanol–water partition coefficient (Wildman–Crippen LogP) is 2.10. The molecule has 0 aliphatic rings. The molecule has 0 radical (unpaired) electrons. The number of benzene rings is 1. The smallest absolute Gasteiger partial charge is 0.168 e. The highest BCUT2D eigenvalue weighted by Gasteiger charge is 2.10. The molecule has 3 aromatic rings. The number of rotatable bonds is 5. The third-order valence-electron chi connectivity index (χ3n) is 3.50. The Kier molecular flexibility index (Phi) is 4.02. The summed E-state index contributed by atoms with van der Waals surface area (Å²) in [7, 11) is 4.10. The van der Waals surface area contributed by atoms with Crippen molar-refractivity contribution < 1.29 is 0 Å². The number of anilines is 1. The Morgan fingerprint density at radius 3 is 2.64 bits per heavy atom. The van der Waals surface area contributed by atoms with Gasteiger partial charge in [0.25, 0.3) is 0 Å². The number of aryl methyl sites for hydroxylation is 1. The zero-order valence-corrected chi connectivity index (χ0v) is 13.1. The summed E-state index contributed by atoms with van der Waals surface area (Å²) in [6, 6.07) is 8.23. The normalized spacial score (nSPS) is 11.3. The Bertz CT molecular complexity index is 760. The van der Waals surface area contributed by atoms with Crippen LogP contribution in [-0.2, 0) is 0 Å². The maximum Gasteiger partial charge on any atom is 0.168 e. The van der Waals surface area contributed by atoms with Gasteiger partial charge in [0.05, 0.1) is 17.3 Å². The zero-order valence-electron chi connectivity index (χ0n) is 13.1. The lowest BCUT2D eigenvalue weighted by Crippen LogP contribution is -2.21. The minimum atomic E-state index is 0.811. The van der Waals surface area contributed by atoms with E-state index in [9.17, 15) is 0 Å². The van der Waals surface area contributed by atoms with Crippen LogP contribution in [0.5, 0.6) is 0 Å². The highest BCUT2D eigenvalue weighted by Crippen LogP contribution is 2.21. The van der Waals surface area contributed by atoms with E-state index >= 15 is 0 Å². The van der Waals surface area contributed by atoms with Crippen molar-refractivity contribution in [2.45, 2.75) is 6.92 Å². The van der Waals surface area contributed by atoms with Gasteiger partial charge in [0.1, 0.15) is 12.1 Å². The van der Waals surface area contributed by atoms with Crippen LogP contribution in [0.15, 0.2) is 36.8 Å². The van der Waals surface area contributed by atoms with Gasteiger partial charge in [-0.3, -0.25) is 0 Å². The number of hydrogen-bond acceptors (Lipinski definition) is 5. The van der Waals surface area contributed by atoms with Crippen LogP contribution in [0.2, 0.25) is 0 Å². The molecule has 0 fully saturated rings. The van der Waals surface area contributed by atoms with Crippen molar-refractivity contribution in [1.29, 1.82) is 0 Å². The van der Waals surface area contributed by atoms with Crippen molar-refractivity contribution in [3.63, 3.8) is 0 Å². The number of nitrogens with one attached hydrogen (secondary N) is 1. The minimum absolute atomic E-state index is 0.811. The summed E-state index contributed by atoms with van der Waals surface area (Å²) in [6.45, 7) is 3.84. The number of nitrogens with zero attached hydrogens (tertiary/aromatic N) is 5. The summed E-state index contributed by atoms with van der Waals surface area (Å²) in [5.74, 6) is 0.824. The van der Waals surface area contributed by atoms with E-state index in [0.717, 1.165) is 35.6 Å². The van der Waals surface area contributed by atoms with Gasteiger partial charge in [-0.05, 0) is 33.2 Å². The highest BCUT2D eigenvalue weighted by molar-refractivity contribution is 5.87. The van der Waals surface area contributed by atoms with Gasteiger partial charge in [0.15, 0.2) is 5.65 Å². The summed E-state index contributed by atoms with van der Waals surface area (Å²) >= 11 is 0. The van der Waals surface area contributed by atoms with Crippen molar-refractivity contribution in [2.24, 2.45) is 0 Å². The Balaban J connectivity index is 1.93. The van der Waals surface area contributed by atoms with Gasteiger partial charge in [-0.2, -0.15) is 5.10 Å². The molecule has 0 spiro atoms. The average molecular weight is 296 g/mol. The van der Waals surface area contributed by atoms with Crippen LogP contribution in [0.3, 0.4) is 0 Å². The van der Waals surface area contributed by atoms with E-state index in [4.69, 9.17) is 0 Å². The zero-order chi connectivity index (χ0) is 15.5. The molecule has 2 heterocycles. The summed E-state index contributed by atoms with van der Waals surface area (Å²) in [5.41, 5.74) is 3.03.